The summed E-state index contributed by atoms with van der Waals surface area (Å²) in [4.78, 5) is 16.3. The summed E-state index contributed by atoms with van der Waals surface area (Å²) in [5.74, 6) is 0.107. The Hall–Kier alpha value is -1.62. The summed E-state index contributed by atoms with van der Waals surface area (Å²) in [5.41, 5.74) is 2.40. The highest BCUT2D eigenvalue weighted by Gasteiger charge is 2.20. The first kappa shape index (κ1) is 11.5. The van der Waals surface area contributed by atoms with E-state index >= 15 is 0 Å². The summed E-state index contributed by atoms with van der Waals surface area (Å²) in [5, 5.41) is 6.65. The second-order valence-electron chi connectivity index (χ2n) is 4.68. The molecule has 1 amide bonds. The van der Waals surface area contributed by atoms with Crippen molar-refractivity contribution in [2.45, 2.75) is 25.8 Å². The molecule has 0 saturated carbocycles. The van der Waals surface area contributed by atoms with Crippen molar-refractivity contribution in [2.24, 2.45) is 0 Å². The van der Waals surface area contributed by atoms with Crippen LogP contribution in [0.4, 0.5) is 0 Å². The molecular formula is C13H15N3OS. The zero-order chi connectivity index (χ0) is 12.5. The van der Waals surface area contributed by atoms with Gasteiger partial charge in [-0.05, 0) is 30.9 Å². The summed E-state index contributed by atoms with van der Waals surface area (Å²) >= 11 is 1.66. The van der Waals surface area contributed by atoms with Gasteiger partial charge in [-0.15, -0.1) is 11.3 Å². The first-order valence-electron chi connectivity index (χ1n) is 6.09. The number of aromatic amines is 1. The number of nitrogens with zero attached hydrogens (tertiary/aromatic N) is 2. The molecule has 1 N–H and O–H groups in total. The molecule has 2 aromatic rings. The molecule has 5 heteroatoms. The van der Waals surface area contributed by atoms with Crippen LogP contribution in [0, 0.1) is 0 Å². The molecule has 94 valence electrons. The van der Waals surface area contributed by atoms with E-state index in [9.17, 15) is 4.79 Å². The topological polar surface area (TPSA) is 49.0 Å². The smallest absolute Gasteiger partial charge is 0.263 e. The fraction of sp³-hybridized carbons (Fsp3) is 0.385. The molecule has 0 saturated heterocycles. The number of carbonyl (C=O) groups is 1. The van der Waals surface area contributed by atoms with Crippen LogP contribution in [0.15, 0.2) is 18.5 Å². The van der Waals surface area contributed by atoms with E-state index in [-0.39, 0.29) is 5.91 Å². The van der Waals surface area contributed by atoms with Crippen molar-refractivity contribution in [3.63, 3.8) is 0 Å². The predicted molar refractivity (Wildman–Crippen MR) is 70.7 cm³/mol. The van der Waals surface area contributed by atoms with E-state index in [0.717, 1.165) is 23.3 Å². The van der Waals surface area contributed by atoms with Gasteiger partial charge in [0.25, 0.3) is 5.91 Å². The van der Waals surface area contributed by atoms with Crippen LogP contribution in [0.3, 0.4) is 0 Å². The quantitative estimate of drug-likeness (QED) is 0.921. The number of aryl methyl sites for hydroxylation is 2. The van der Waals surface area contributed by atoms with Crippen LogP contribution < -0.4 is 0 Å². The van der Waals surface area contributed by atoms with Gasteiger partial charge in [0, 0.05) is 30.2 Å². The average Bonchev–Trinajstić information content (AvgIpc) is 3.02. The fourth-order valence-corrected chi connectivity index (χ4v) is 3.58. The van der Waals surface area contributed by atoms with Gasteiger partial charge in [0.15, 0.2) is 0 Å². The van der Waals surface area contributed by atoms with Gasteiger partial charge in [-0.3, -0.25) is 9.89 Å². The highest BCUT2D eigenvalue weighted by atomic mass is 32.1. The predicted octanol–water partition coefficient (Wildman–Crippen LogP) is 2.23. The molecule has 2 aromatic heterocycles. The maximum Gasteiger partial charge on any atom is 0.263 e. The van der Waals surface area contributed by atoms with Crippen LogP contribution in [0.2, 0.25) is 0 Å². The van der Waals surface area contributed by atoms with Crippen molar-refractivity contribution in [2.75, 3.05) is 7.05 Å². The molecule has 3 rings (SSSR count). The van der Waals surface area contributed by atoms with Crippen molar-refractivity contribution < 1.29 is 4.79 Å². The maximum atomic E-state index is 12.3. The molecule has 2 heterocycles. The number of H-pyrrole nitrogens is 1. The number of hydrogen-bond donors (Lipinski definition) is 1. The Bertz CT molecular complexity index is 537. The standard InChI is InChI=1S/C13H15N3OS/c1-16(8-9-6-14-15-7-9)13(17)12-5-10-3-2-4-11(10)18-12/h5-7H,2-4,8H2,1H3,(H,14,15). The molecule has 0 radical (unpaired) electrons. The zero-order valence-corrected chi connectivity index (χ0v) is 11.1. The van der Waals surface area contributed by atoms with Crippen molar-refractivity contribution in [3.8, 4) is 0 Å². The van der Waals surface area contributed by atoms with E-state index in [1.807, 2.05) is 13.2 Å². The Morgan fingerprint density at radius 2 is 2.44 bits per heavy atom. The lowest BCUT2D eigenvalue weighted by molar-refractivity contribution is 0.0790. The number of nitrogens with one attached hydrogen (secondary N) is 1. The van der Waals surface area contributed by atoms with Crippen LogP contribution in [0.25, 0.3) is 0 Å². The van der Waals surface area contributed by atoms with Crippen molar-refractivity contribution in [1.29, 1.82) is 0 Å². The Balaban J connectivity index is 1.73. The summed E-state index contributed by atoms with van der Waals surface area (Å²) in [7, 11) is 1.83. The lowest BCUT2D eigenvalue weighted by Crippen LogP contribution is -2.25. The molecule has 0 unspecified atom stereocenters. The Morgan fingerprint density at radius 3 is 3.17 bits per heavy atom. The summed E-state index contributed by atoms with van der Waals surface area (Å²) in [6.45, 7) is 0.595. The second-order valence-corrected chi connectivity index (χ2v) is 5.82. The van der Waals surface area contributed by atoms with E-state index in [0.29, 0.717) is 6.54 Å². The van der Waals surface area contributed by atoms with Gasteiger partial charge in [-0.2, -0.15) is 5.10 Å². The molecule has 0 fully saturated rings. The number of aromatic nitrogens is 2. The SMILES string of the molecule is CN(Cc1cn[nH]c1)C(=O)c1cc2c(s1)CCC2. The van der Waals surface area contributed by atoms with Crippen molar-refractivity contribution >= 4 is 17.2 Å². The van der Waals surface area contributed by atoms with E-state index in [4.69, 9.17) is 0 Å². The first-order chi connectivity index (χ1) is 8.74. The van der Waals surface area contributed by atoms with Gasteiger partial charge in [0.1, 0.15) is 0 Å². The van der Waals surface area contributed by atoms with Crippen LogP contribution in [-0.4, -0.2) is 28.1 Å². The third-order valence-electron chi connectivity index (χ3n) is 3.28. The molecule has 0 spiro atoms. The lowest BCUT2D eigenvalue weighted by Gasteiger charge is -2.14. The monoisotopic (exact) mass is 261 g/mol. The molecule has 1 aliphatic carbocycles. The van der Waals surface area contributed by atoms with Gasteiger partial charge < -0.3 is 4.90 Å². The number of rotatable bonds is 3. The average molecular weight is 261 g/mol. The van der Waals surface area contributed by atoms with Crippen LogP contribution in [-0.2, 0) is 19.4 Å². The minimum absolute atomic E-state index is 0.107. The number of fused-ring (bicyclic) bond motifs is 1. The maximum absolute atomic E-state index is 12.3. The van der Waals surface area contributed by atoms with Crippen LogP contribution >= 0.6 is 11.3 Å². The van der Waals surface area contributed by atoms with Gasteiger partial charge >= 0.3 is 0 Å². The van der Waals surface area contributed by atoms with E-state index in [1.54, 1.807) is 22.4 Å². The van der Waals surface area contributed by atoms with Gasteiger partial charge in [-0.25, -0.2) is 0 Å². The molecule has 18 heavy (non-hydrogen) atoms. The summed E-state index contributed by atoms with van der Waals surface area (Å²) in [6.07, 6.45) is 7.07. The number of carbonyl (C=O) groups excluding carboxylic acids is 1. The minimum Gasteiger partial charge on any atom is -0.337 e. The lowest BCUT2D eigenvalue weighted by atomic mass is 10.2. The highest BCUT2D eigenvalue weighted by molar-refractivity contribution is 7.14. The molecule has 0 aliphatic heterocycles. The molecule has 4 nitrogen and oxygen atoms in total. The Labute approximate surface area is 110 Å². The summed E-state index contributed by atoms with van der Waals surface area (Å²) in [6, 6.07) is 2.07. The largest absolute Gasteiger partial charge is 0.337 e. The Morgan fingerprint density at radius 1 is 1.56 bits per heavy atom. The van der Waals surface area contributed by atoms with Gasteiger partial charge in [-0.1, -0.05) is 0 Å². The third kappa shape index (κ3) is 2.06. The second kappa shape index (κ2) is 4.57. The molecule has 0 atom stereocenters. The number of hydrogen-bond acceptors (Lipinski definition) is 3. The fourth-order valence-electron chi connectivity index (χ4n) is 2.33. The zero-order valence-electron chi connectivity index (χ0n) is 10.3. The number of thiophene rings is 1. The summed E-state index contributed by atoms with van der Waals surface area (Å²) < 4.78 is 0. The highest BCUT2D eigenvalue weighted by Crippen LogP contribution is 2.31. The molecular weight excluding hydrogens is 246 g/mol. The first-order valence-corrected chi connectivity index (χ1v) is 6.90. The third-order valence-corrected chi connectivity index (χ3v) is 4.50. The van der Waals surface area contributed by atoms with Gasteiger partial charge in [0.2, 0.25) is 0 Å². The molecule has 1 aliphatic rings. The minimum atomic E-state index is 0.107. The van der Waals surface area contributed by atoms with E-state index < -0.39 is 0 Å². The number of amides is 1. The van der Waals surface area contributed by atoms with Crippen LogP contribution in [0.1, 0.15) is 32.1 Å². The normalized spacial score (nSPS) is 13.6. The Kier molecular flexibility index (Phi) is 2.91. The molecule has 0 bridgehead atoms. The van der Waals surface area contributed by atoms with Crippen molar-refractivity contribution in [3.05, 3.63) is 39.3 Å². The van der Waals surface area contributed by atoms with E-state index in [1.165, 1.54) is 16.9 Å². The van der Waals surface area contributed by atoms with Gasteiger partial charge in [0.05, 0.1) is 11.1 Å². The van der Waals surface area contributed by atoms with Crippen LogP contribution in [0.5, 0.6) is 0 Å². The van der Waals surface area contributed by atoms with Crippen molar-refractivity contribution in [1.82, 2.24) is 15.1 Å². The van der Waals surface area contributed by atoms with E-state index in [2.05, 4.69) is 16.3 Å². The molecule has 0 aromatic carbocycles.